The third kappa shape index (κ3) is 3.23. The predicted octanol–water partition coefficient (Wildman–Crippen LogP) is 1.67. The lowest BCUT2D eigenvalue weighted by Gasteiger charge is -2.02. The summed E-state index contributed by atoms with van der Waals surface area (Å²) in [5.41, 5.74) is 8.06. The number of nitrogens with zero attached hydrogens (tertiary/aromatic N) is 5. The molecule has 0 bridgehead atoms. The molecular formula is C14H13N7O2. The van der Waals surface area contributed by atoms with E-state index in [1.165, 1.54) is 6.20 Å². The van der Waals surface area contributed by atoms with Crippen LogP contribution < -0.4 is 11.1 Å². The molecule has 116 valence electrons. The van der Waals surface area contributed by atoms with Gasteiger partial charge in [-0.1, -0.05) is 16.3 Å². The van der Waals surface area contributed by atoms with E-state index in [1.54, 1.807) is 24.4 Å². The summed E-state index contributed by atoms with van der Waals surface area (Å²) < 4.78 is 5.50. The van der Waals surface area contributed by atoms with E-state index in [2.05, 4.69) is 30.6 Å². The van der Waals surface area contributed by atoms with E-state index in [0.29, 0.717) is 23.0 Å². The van der Waals surface area contributed by atoms with Crippen LogP contribution in [0.2, 0.25) is 0 Å². The van der Waals surface area contributed by atoms with E-state index >= 15 is 0 Å². The summed E-state index contributed by atoms with van der Waals surface area (Å²) in [6.07, 6.45) is 3.23. The number of hydrogen-bond acceptors (Lipinski definition) is 8. The van der Waals surface area contributed by atoms with E-state index in [0.717, 1.165) is 5.56 Å². The number of pyridine rings is 2. The van der Waals surface area contributed by atoms with Crippen molar-refractivity contribution in [2.24, 2.45) is 10.9 Å². The normalized spacial score (nSPS) is 11.4. The van der Waals surface area contributed by atoms with Crippen LogP contribution in [0.1, 0.15) is 11.3 Å². The Kier molecular flexibility index (Phi) is 3.83. The van der Waals surface area contributed by atoms with Gasteiger partial charge < -0.3 is 20.7 Å². The number of rotatable bonds is 4. The molecule has 0 aromatic carbocycles. The molecular weight excluding hydrogens is 298 g/mol. The van der Waals surface area contributed by atoms with E-state index in [4.69, 9.17) is 15.4 Å². The lowest BCUT2D eigenvalue weighted by atomic mass is 10.3. The highest BCUT2D eigenvalue weighted by Gasteiger charge is 2.10. The van der Waals surface area contributed by atoms with Crippen LogP contribution in [0.4, 0.5) is 11.7 Å². The average molecular weight is 311 g/mol. The van der Waals surface area contributed by atoms with Gasteiger partial charge in [-0.05, 0) is 30.7 Å². The van der Waals surface area contributed by atoms with E-state index < -0.39 is 0 Å². The Bertz CT molecular complexity index is 825. The molecule has 0 aliphatic carbocycles. The van der Waals surface area contributed by atoms with E-state index in [1.807, 2.05) is 13.0 Å². The lowest BCUT2D eigenvalue weighted by Crippen LogP contribution is -2.14. The Morgan fingerprint density at radius 3 is 2.70 bits per heavy atom. The maximum absolute atomic E-state index is 8.59. The van der Waals surface area contributed by atoms with Crippen LogP contribution in [0.15, 0.2) is 46.2 Å². The fraction of sp³-hybridized carbons (Fsp3) is 0.0714. The summed E-state index contributed by atoms with van der Waals surface area (Å²) in [6.45, 7) is 1.95. The maximum atomic E-state index is 8.59. The first-order valence-corrected chi connectivity index (χ1v) is 6.63. The van der Waals surface area contributed by atoms with Gasteiger partial charge in [0.05, 0.1) is 11.9 Å². The van der Waals surface area contributed by atoms with Gasteiger partial charge in [-0.25, -0.2) is 0 Å². The van der Waals surface area contributed by atoms with Crippen molar-refractivity contribution in [1.29, 1.82) is 0 Å². The molecule has 3 heterocycles. The van der Waals surface area contributed by atoms with Crippen molar-refractivity contribution >= 4 is 17.5 Å². The summed E-state index contributed by atoms with van der Waals surface area (Å²) in [6, 6.07) is 7.21. The number of nitrogens with one attached hydrogen (secondary N) is 1. The van der Waals surface area contributed by atoms with Crippen LogP contribution in [0, 0.1) is 6.92 Å². The summed E-state index contributed by atoms with van der Waals surface area (Å²) in [4.78, 5) is 8.26. The topological polar surface area (TPSA) is 135 Å². The fourth-order valence-corrected chi connectivity index (χ4v) is 1.77. The van der Waals surface area contributed by atoms with Crippen LogP contribution in [0.3, 0.4) is 0 Å². The van der Waals surface area contributed by atoms with Gasteiger partial charge in [0.2, 0.25) is 0 Å². The number of oxime groups is 1. The molecule has 0 atom stereocenters. The number of hydrogen-bond donors (Lipinski definition) is 3. The second kappa shape index (κ2) is 6.10. The minimum Gasteiger partial charge on any atom is -0.409 e. The first-order valence-electron chi connectivity index (χ1n) is 6.63. The van der Waals surface area contributed by atoms with Gasteiger partial charge in [0.1, 0.15) is 11.4 Å². The molecule has 3 aromatic rings. The summed E-state index contributed by atoms with van der Waals surface area (Å²) in [5.74, 6) is 0.246. The van der Waals surface area contributed by atoms with Crippen LogP contribution in [0.25, 0.3) is 11.6 Å². The molecule has 0 spiro atoms. The molecule has 9 heteroatoms. The van der Waals surface area contributed by atoms with Crippen LogP contribution in [-0.4, -0.2) is 31.2 Å². The van der Waals surface area contributed by atoms with Gasteiger partial charge in [0.25, 0.3) is 5.89 Å². The molecule has 9 nitrogen and oxygen atoms in total. The van der Waals surface area contributed by atoms with Gasteiger partial charge in [0, 0.05) is 6.20 Å². The van der Waals surface area contributed by atoms with Crippen LogP contribution >= 0.6 is 0 Å². The molecule has 0 aliphatic heterocycles. The Hall–Kier alpha value is -3.49. The smallest absolute Gasteiger partial charge is 0.320 e. The van der Waals surface area contributed by atoms with Gasteiger partial charge >= 0.3 is 6.01 Å². The first-order chi connectivity index (χ1) is 11.2. The summed E-state index contributed by atoms with van der Waals surface area (Å²) in [5, 5.41) is 22.2. The van der Waals surface area contributed by atoms with Gasteiger partial charge in [-0.15, -0.1) is 5.10 Å². The SMILES string of the molecule is Cc1ccc(-c2nnc(Nc3ccc(/C(N)=N\O)nc3)o2)nc1. The number of aromatic nitrogens is 4. The van der Waals surface area contributed by atoms with Gasteiger partial charge in [-0.2, -0.15) is 0 Å². The average Bonchev–Trinajstić information content (AvgIpc) is 3.04. The summed E-state index contributed by atoms with van der Waals surface area (Å²) in [7, 11) is 0. The monoisotopic (exact) mass is 311 g/mol. The highest BCUT2D eigenvalue weighted by Crippen LogP contribution is 2.20. The standard InChI is InChI=1S/C14H13N7O2/c1-8-2-4-11(16-6-8)13-19-20-14(23-13)18-9-3-5-10(17-7-9)12(15)21-22/h2-7,22H,1H3,(H2,15,21)(H,18,20). The lowest BCUT2D eigenvalue weighted by molar-refractivity contribution is 0.318. The second-order valence-electron chi connectivity index (χ2n) is 4.68. The highest BCUT2D eigenvalue weighted by atomic mass is 16.4. The minimum absolute atomic E-state index is 0.0675. The highest BCUT2D eigenvalue weighted by molar-refractivity contribution is 5.95. The molecule has 23 heavy (non-hydrogen) atoms. The van der Waals surface area contributed by atoms with Crippen molar-refractivity contribution in [1.82, 2.24) is 20.2 Å². The molecule has 4 N–H and O–H groups in total. The van der Waals surface area contributed by atoms with Crippen LogP contribution in [0.5, 0.6) is 0 Å². The zero-order valence-electron chi connectivity index (χ0n) is 12.1. The molecule has 0 saturated heterocycles. The minimum atomic E-state index is -0.0675. The fourth-order valence-electron chi connectivity index (χ4n) is 1.77. The van der Waals surface area contributed by atoms with E-state index in [-0.39, 0.29) is 11.9 Å². The van der Waals surface area contributed by atoms with Crippen LogP contribution in [-0.2, 0) is 0 Å². The largest absolute Gasteiger partial charge is 0.409 e. The quantitative estimate of drug-likeness (QED) is 0.286. The zero-order valence-corrected chi connectivity index (χ0v) is 12.1. The Labute approximate surface area is 130 Å². The van der Waals surface area contributed by atoms with Crippen molar-refractivity contribution in [2.45, 2.75) is 6.92 Å². The van der Waals surface area contributed by atoms with E-state index in [9.17, 15) is 0 Å². The Morgan fingerprint density at radius 1 is 1.17 bits per heavy atom. The van der Waals surface area contributed by atoms with Crippen molar-refractivity contribution in [2.75, 3.05) is 5.32 Å². The molecule has 0 aliphatic rings. The third-order valence-corrected chi connectivity index (χ3v) is 2.94. The summed E-state index contributed by atoms with van der Waals surface area (Å²) >= 11 is 0. The molecule has 3 aromatic heterocycles. The Balaban J connectivity index is 1.75. The molecule has 3 rings (SSSR count). The Morgan fingerprint density at radius 2 is 2.04 bits per heavy atom. The predicted molar refractivity (Wildman–Crippen MR) is 82.3 cm³/mol. The van der Waals surface area contributed by atoms with Crippen molar-refractivity contribution < 1.29 is 9.62 Å². The number of amidine groups is 1. The maximum Gasteiger partial charge on any atom is 0.320 e. The van der Waals surface area contributed by atoms with Crippen molar-refractivity contribution in [3.05, 3.63) is 47.9 Å². The molecule has 0 saturated carbocycles. The molecule has 0 radical (unpaired) electrons. The first kappa shape index (κ1) is 14.4. The molecule has 0 fully saturated rings. The molecule has 0 amide bonds. The number of nitrogens with two attached hydrogens (primary N) is 1. The van der Waals surface area contributed by atoms with Gasteiger partial charge in [0.15, 0.2) is 5.84 Å². The van der Waals surface area contributed by atoms with Gasteiger partial charge in [-0.3, -0.25) is 9.97 Å². The third-order valence-electron chi connectivity index (χ3n) is 2.94. The number of aryl methyl sites for hydroxylation is 1. The molecule has 0 unspecified atom stereocenters. The second-order valence-corrected chi connectivity index (χ2v) is 4.68. The van der Waals surface area contributed by atoms with Crippen molar-refractivity contribution in [3.8, 4) is 11.6 Å². The van der Waals surface area contributed by atoms with Crippen molar-refractivity contribution in [3.63, 3.8) is 0 Å². The zero-order chi connectivity index (χ0) is 16.2. The number of anilines is 2.